The molecule has 0 saturated heterocycles. The molecule has 3 aliphatic rings. The highest BCUT2D eigenvalue weighted by atomic mass is 32.1. The van der Waals surface area contributed by atoms with Crippen LogP contribution in [0.15, 0.2) is 12.7 Å². The summed E-state index contributed by atoms with van der Waals surface area (Å²) in [6.07, 6.45) is 3.85. The van der Waals surface area contributed by atoms with Crippen LogP contribution in [0.25, 0.3) is 0 Å². The topological polar surface area (TPSA) is 66.8 Å². The Labute approximate surface area is 169 Å². The molecule has 0 aromatic rings. The Morgan fingerprint density at radius 1 is 1.37 bits per heavy atom. The van der Waals surface area contributed by atoms with E-state index < -0.39 is 17.8 Å². The summed E-state index contributed by atoms with van der Waals surface area (Å²) < 4.78 is 6.14. The van der Waals surface area contributed by atoms with Crippen molar-refractivity contribution in [2.45, 2.75) is 78.3 Å². The summed E-state index contributed by atoms with van der Waals surface area (Å²) in [6, 6.07) is 0. The van der Waals surface area contributed by atoms with E-state index in [1.54, 1.807) is 0 Å². The quantitative estimate of drug-likeness (QED) is 0.386. The van der Waals surface area contributed by atoms with E-state index in [1.165, 1.54) is 0 Å². The maximum absolute atomic E-state index is 13.2. The molecule has 27 heavy (non-hydrogen) atoms. The van der Waals surface area contributed by atoms with Crippen LogP contribution in [0.1, 0.15) is 59.8 Å². The molecule has 5 heteroatoms. The Hall–Kier alpha value is -0.360. The molecule has 3 fully saturated rings. The standard InChI is InChI=1S/C22H36O4S/c1-6-20(4)11-16(26-17(24)12-27)21(5)13(2)7-9-22(14(3)19(20)25)10-8-15(23)18(21)22/h6,13-14,16-19,24-25,27H,1,7-12H2,2-5H3/t13?,14-,16+,17?,18-,19-,20+,21-,22-/m0/s1. The van der Waals surface area contributed by atoms with E-state index in [-0.39, 0.29) is 34.5 Å². The first kappa shape index (κ1) is 21.4. The Bertz CT molecular complexity index is 609. The van der Waals surface area contributed by atoms with Crippen LogP contribution < -0.4 is 0 Å². The van der Waals surface area contributed by atoms with Gasteiger partial charge in [-0.3, -0.25) is 4.79 Å². The first-order valence-corrected chi connectivity index (χ1v) is 11.0. The molecule has 0 amide bonds. The molecule has 0 aliphatic heterocycles. The minimum absolute atomic E-state index is 0.0135. The summed E-state index contributed by atoms with van der Waals surface area (Å²) in [6.45, 7) is 12.6. The van der Waals surface area contributed by atoms with Crippen LogP contribution in [-0.2, 0) is 9.53 Å². The van der Waals surface area contributed by atoms with Crippen molar-refractivity contribution in [2.24, 2.45) is 34.0 Å². The van der Waals surface area contributed by atoms with Crippen molar-refractivity contribution in [2.75, 3.05) is 5.75 Å². The van der Waals surface area contributed by atoms with Gasteiger partial charge in [0.25, 0.3) is 0 Å². The van der Waals surface area contributed by atoms with Crippen molar-refractivity contribution >= 4 is 18.4 Å². The molecule has 3 rings (SSSR count). The number of carbonyl (C=O) groups is 1. The average molecular weight is 397 g/mol. The highest BCUT2D eigenvalue weighted by molar-refractivity contribution is 7.80. The average Bonchev–Trinajstić information content (AvgIpc) is 3.00. The number of Topliss-reactive ketones (excluding diaryl/α,β-unsaturated/α-hetero) is 1. The van der Waals surface area contributed by atoms with Crippen LogP contribution >= 0.6 is 12.6 Å². The van der Waals surface area contributed by atoms with Crippen LogP contribution in [-0.4, -0.2) is 40.2 Å². The molecular weight excluding hydrogens is 360 g/mol. The molecule has 3 saturated carbocycles. The zero-order chi connectivity index (χ0) is 20.2. The monoisotopic (exact) mass is 396 g/mol. The molecule has 9 atom stereocenters. The fourth-order valence-electron chi connectivity index (χ4n) is 6.76. The van der Waals surface area contributed by atoms with Crippen molar-refractivity contribution in [3.8, 4) is 0 Å². The number of ether oxygens (including phenoxy) is 1. The first-order valence-electron chi connectivity index (χ1n) is 10.4. The van der Waals surface area contributed by atoms with Crippen molar-refractivity contribution in [3.05, 3.63) is 12.7 Å². The van der Waals surface area contributed by atoms with Gasteiger partial charge in [0, 0.05) is 28.9 Å². The summed E-state index contributed by atoms with van der Waals surface area (Å²) in [7, 11) is 0. The maximum Gasteiger partial charge on any atom is 0.163 e. The van der Waals surface area contributed by atoms with E-state index in [0.29, 0.717) is 24.5 Å². The molecule has 154 valence electrons. The predicted molar refractivity (Wildman–Crippen MR) is 109 cm³/mol. The number of thiol groups is 1. The van der Waals surface area contributed by atoms with Crippen molar-refractivity contribution in [1.82, 2.24) is 0 Å². The Morgan fingerprint density at radius 3 is 2.63 bits per heavy atom. The van der Waals surface area contributed by atoms with Gasteiger partial charge in [-0.1, -0.05) is 33.8 Å². The van der Waals surface area contributed by atoms with Crippen LogP contribution in [0.3, 0.4) is 0 Å². The van der Waals surface area contributed by atoms with Crippen molar-refractivity contribution in [1.29, 1.82) is 0 Å². The van der Waals surface area contributed by atoms with Gasteiger partial charge >= 0.3 is 0 Å². The van der Waals surface area contributed by atoms with Gasteiger partial charge in [0.1, 0.15) is 5.78 Å². The lowest BCUT2D eigenvalue weighted by atomic mass is 9.44. The maximum atomic E-state index is 13.2. The summed E-state index contributed by atoms with van der Waals surface area (Å²) in [5.41, 5.74) is -1.12. The molecule has 0 aromatic carbocycles. The van der Waals surface area contributed by atoms with Gasteiger partial charge in [-0.2, -0.15) is 12.6 Å². The largest absolute Gasteiger partial charge is 0.392 e. The van der Waals surface area contributed by atoms with E-state index in [4.69, 9.17) is 4.74 Å². The molecular formula is C22H36O4S. The van der Waals surface area contributed by atoms with Gasteiger partial charge in [0.2, 0.25) is 0 Å². The van der Waals surface area contributed by atoms with Crippen LogP contribution in [0.5, 0.6) is 0 Å². The highest BCUT2D eigenvalue weighted by Gasteiger charge is 2.67. The molecule has 2 N–H and O–H groups in total. The lowest BCUT2D eigenvalue weighted by Gasteiger charge is -2.62. The number of ketones is 1. The van der Waals surface area contributed by atoms with Gasteiger partial charge in [-0.05, 0) is 42.9 Å². The molecule has 2 bridgehead atoms. The molecule has 2 unspecified atom stereocenters. The number of aliphatic hydroxyl groups is 2. The van der Waals surface area contributed by atoms with E-state index in [2.05, 4.69) is 40.0 Å². The van der Waals surface area contributed by atoms with Gasteiger partial charge in [-0.15, -0.1) is 6.58 Å². The van der Waals surface area contributed by atoms with Crippen LogP contribution in [0.2, 0.25) is 0 Å². The molecule has 4 nitrogen and oxygen atoms in total. The van der Waals surface area contributed by atoms with Crippen molar-refractivity contribution < 1.29 is 19.7 Å². The summed E-state index contributed by atoms with van der Waals surface area (Å²) >= 11 is 4.18. The molecule has 0 radical (unpaired) electrons. The Balaban J connectivity index is 2.19. The Morgan fingerprint density at radius 2 is 2.04 bits per heavy atom. The number of rotatable bonds is 4. The zero-order valence-electron chi connectivity index (χ0n) is 17.1. The molecule has 0 heterocycles. The van der Waals surface area contributed by atoms with E-state index in [0.717, 1.165) is 19.3 Å². The second-order valence-corrected chi connectivity index (χ2v) is 10.2. The highest BCUT2D eigenvalue weighted by Crippen LogP contribution is 2.68. The lowest BCUT2D eigenvalue weighted by Crippen LogP contribution is -2.63. The van der Waals surface area contributed by atoms with Gasteiger partial charge in [0.05, 0.1) is 12.2 Å². The van der Waals surface area contributed by atoms with Gasteiger partial charge in [-0.25, -0.2) is 0 Å². The summed E-state index contributed by atoms with van der Waals surface area (Å²) in [5.74, 6) is 0.684. The normalized spacial score (nSPS) is 51.2. The van der Waals surface area contributed by atoms with Crippen molar-refractivity contribution in [3.63, 3.8) is 0 Å². The SMILES string of the molecule is C=C[C@]1(C)C[C@@H](OC(O)CS)[C@]2(C)C(C)CC[C@]3(CCC(=O)[C@H]32)[C@@H](C)[C@@H]1O. The fourth-order valence-corrected chi connectivity index (χ4v) is 6.85. The Kier molecular flexibility index (Phi) is 5.66. The third-order valence-corrected chi connectivity index (χ3v) is 9.09. The van der Waals surface area contributed by atoms with E-state index >= 15 is 0 Å². The van der Waals surface area contributed by atoms with Crippen LogP contribution in [0, 0.1) is 34.0 Å². The van der Waals surface area contributed by atoms with E-state index in [9.17, 15) is 15.0 Å². The predicted octanol–water partition coefficient (Wildman–Crippen LogP) is 3.61. The zero-order valence-corrected chi connectivity index (χ0v) is 18.0. The second-order valence-electron chi connectivity index (χ2n) is 9.85. The molecule has 3 aliphatic carbocycles. The molecule has 0 spiro atoms. The second kappa shape index (κ2) is 7.16. The van der Waals surface area contributed by atoms with Gasteiger partial charge < -0.3 is 14.9 Å². The third kappa shape index (κ3) is 2.95. The van der Waals surface area contributed by atoms with Crippen LogP contribution in [0.4, 0.5) is 0 Å². The summed E-state index contributed by atoms with van der Waals surface area (Å²) in [5, 5.41) is 21.6. The first-order chi connectivity index (χ1) is 12.6. The number of aliphatic hydroxyl groups excluding tert-OH is 2. The number of hydrogen-bond donors (Lipinski definition) is 3. The van der Waals surface area contributed by atoms with E-state index in [1.807, 2.05) is 13.0 Å². The summed E-state index contributed by atoms with van der Waals surface area (Å²) in [4.78, 5) is 13.2. The number of hydrogen-bond acceptors (Lipinski definition) is 5. The van der Waals surface area contributed by atoms with Gasteiger partial charge in [0.15, 0.2) is 6.29 Å². The fraction of sp³-hybridized carbons (Fsp3) is 0.864. The lowest BCUT2D eigenvalue weighted by molar-refractivity contribution is -0.236. The molecule has 0 aromatic heterocycles. The smallest absolute Gasteiger partial charge is 0.163 e. The minimum Gasteiger partial charge on any atom is -0.392 e. The minimum atomic E-state index is -0.988. The third-order valence-electron chi connectivity index (χ3n) is 8.78. The number of carbonyl (C=O) groups excluding carboxylic acids is 1.